The van der Waals surface area contributed by atoms with Crippen molar-refractivity contribution in [3.05, 3.63) is 82.3 Å². The van der Waals surface area contributed by atoms with E-state index in [1.54, 1.807) is 23.1 Å². The number of piperazine rings is 1. The Morgan fingerprint density at radius 1 is 0.968 bits per heavy atom. The van der Waals surface area contributed by atoms with Gasteiger partial charge in [-0.3, -0.25) is 9.59 Å². The molecule has 1 aromatic heterocycles. The van der Waals surface area contributed by atoms with Crippen molar-refractivity contribution in [2.75, 3.05) is 36.4 Å². The number of amides is 2. The van der Waals surface area contributed by atoms with Crippen molar-refractivity contribution in [1.29, 1.82) is 0 Å². The lowest BCUT2D eigenvalue weighted by Gasteiger charge is -2.36. The van der Waals surface area contributed by atoms with Crippen molar-refractivity contribution in [3.8, 4) is 0 Å². The fraction of sp³-hybridized carbons (Fsp3) is 0.250. The van der Waals surface area contributed by atoms with Gasteiger partial charge in [0.2, 0.25) is 0 Å². The molecule has 0 radical (unpaired) electrons. The van der Waals surface area contributed by atoms with Gasteiger partial charge >= 0.3 is 0 Å². The van der Waals surface area contributed by atoms with Crippen molar-refractivity contribution < 1.29 is 14.0 Å². The van der Waals surface area contributed by atoms with Gasteiger partial charge in [0.25, 0.3) is 11.8 Å². The van der Waals surface area contributed by atoms with Crippen LogP contribution >= 0.6 is 11.6 Å². The minimum Gasteiger partial charge on any atom is -0.459 e. The third kappa shape index (κ3) is 4.75. The fourth-order valence-corrected chi connectivity index (χ4v) is 4.16. The van der Waals surface area contributed by atoms with Crippen LogP contribution in [-0.2, 0) is 0 Å². The summed E-state index contributed by atoms with van der Waals surface area (Å²) in [5.74, 6) is 0.0937. The highest BCUT2D eigenvalue weighted by Crippen LogP contribution is 2.30. The van der Waals surface area contributed by atoms with E-state index in [0.29, 0.717) is 48.2 Å². The van der Waals surface area contributed by atoms with E-state index in [-0.39, 0.29) is 11.8 Å². The van der Waals surface area contributed by atoms with Crippen LogP contribution in [-0.4, -0.2) is 42.9 Å². The Hall–Kier alpha value is -3.25. The van der Waals surface area contributed by atoms with Crippen molar-refractivity contribution in [2.45, 2.75) is 13.8 Å². The van der Waals surface area contributed by atoms with Gasteiger partial charge in [-0.1, -0.05) is 28.8 Å². The van der Waals surface area contributed by atoms with Crippen LogP contribution < -0.4 is 10.2 Å². The van der Waals surface area contributed by atoms with Gasteiger partial charge in [-0.15, -0.1) is 0 Å². The normalized spacial score (nSPS) is 13.9. The van der Waals surface area contributed by atoms with Gasteiger partial charge < -0.3 is 19.5 Å². The molecule has 31 heavy (non-hydrogen) atoms. The van der Waals surface area contributed by atoms with E-state index in [4.69, 9.17) is 16.0 Å². The summed E-state index contributed by atoms with van der Waals surface area (Å²) >= 11 is 6.53. The van der Waals surface area contributed by atoms with Gasteiger partial charge in [0.05, 0.1) is 17.0 Å². The largest absolute Gasteiger partial charge is 0.459 e. The molecule has 7 heteroatoms. The molecule has 2 heterocycles. The van der Waals surface area contributed by atoms with Gasteiger partial charge in [-0.2, -0.15) is 0 Å². The molecule has 1 aliphatic heterocycles. The van der Waals surface area contributed by atoms with Crippen LogP contribution in [0.2, 0.25) is 5.02 Å². The highest BCUT2D eigenvalue weighted by molar-refractivity contribution is 6.33. The predicted molar refractivity (Wildman–Crippen MR) is 122 cm³/mol. The minimum absolute atomic E-state index is 0.0970. The molecule has 0 aliphatic carbocycles. The van der Waals surface area contributed by atoms with E-state index in [1.165, 1.54) is 6.26 Å². The molecule has 4 rings (SSSR count). The first kappa shape index (κ1) is 21.0. The van der Waals surface area contributed by atoms with E-state index in [2.05, 4.69) is 10.2 Å². The number of benzene rings is 2. The van der Waals surface area contributed by atoms with Crippen molar-refractivity contribution >= 4 is 34.8 Å². The van der Waals surface area contributed by atoms with Gasteiger partial charge in [-0.05, 0) is 56.3 Å². The molecule has 6 nitrogen and oxygen atoms in total. The van der Waals surface area contributed by atoms with E-state index >= 15 is 0 Å². The monoisotopic (exact) mass is 437 g/mol. The lowest BCUT2D eigenvalue weighted by Crippen LogP contribution is -2.48. The summed E-state index contributed by atoms with van der Waals surface area (Å²) in [5.41, 5.74) is 4.24. The zero-order valence-electron chi connectivity index (χ0n) is 17.5. The number of halogens is 1. The number of aryl methyl sites for hydroxylation is 2. The van der Waals surface area contributed by atoms with Crippen molar-refractivity contribution in [1.82, 2.24) is 4.90 Å². The van der Waals surface area contributed by atoms with Gasteiger partial charge in [0.1, 0.15) is 0 Å². The zero-order valence-corrected chi connectivity index (χ0v) is 18.3. The molecule has 3 aromatic rings. The van der Waals surface area contributed by atoms with Crippen LogP contribution in [0.25, 0.3) is 0 Å². The average molecular weight is 438 g/mol. The topological polar surface area (TPSA) is 65.8 Å². The van der Waals surface area contributed by atoms with Gasteiger partial charge in [-0.25, -0.2) is 0 Å². The minimum atomic E-state index is -0.166. The first-order chi connectivity index (χ1) is 14.9. The standard InChI is InChI=1S/C24H24ClN3O3/c1-16-12-17(2)14-18(13-16)23(29)26-19-5-6-21(20(25)15-19)27-7-9-28(10-8-27)24(30)22-4-3-11-31-22/h3-6,11-15H,7-10H2,1-2H3,(H,26,29). The second kappa shape index (κ2) is 8.86. The third-order valence-electron chi connectivity index (χ3n) is 5.33. The molecule has 2 amide bonds. The van der Waals surface area contributed by atoms with E-state index < -0.39 is 0 Å². The van der Waals surface area contributed by atoms with Crippen molar-refractivity contribution in [2.24, 2.45) is 0 Å². The number of rotatable bonds is 4. The molecule has 0 atom stereocenters. The molecular formula is C24H24ClN3O3. The van der Waals surface area contributed by atoms with Gasteiger partial charge in [0, 0.05) is 37.4 Å². The van der Waals surface area contributed by atoms with Crippen LogP contribution in [0.4, 0.5) is 11.4 Å². The number of anilines is 2. The molecular weight excluding hydrogens is 414 g/mol. The molecule has 0 unspecified atom stereocenters. The predicted octanol–water partition coefficient (Wildman–Crippen LogP) is 4.76. The summed E-state index contributed by atoms with van der Waals surface area (Å²) in [4.78, 5) is 29.0. The van der Waals surface area contributed by atoms with Crippen LogP contribution in [0.1, 0.15) is 32.0 Å². The SMILES string of the molecule is Cc1cc(C)cc(C(=O)Nc2ccc(N3CCN(C(=O)c4ccco4)CC3)c(Cl)c2)c1. The summed E-state index contributed by atoms with van der Waals surface area (Å²) in [6.45, 7) is 6.44. The van der Waals surface area contributed by atoms with Crippen LogP contribution in [0.15, 0.2) is 59.2 Å². The Bertz CT molecular complexity index is 1080. The third-order valence-corrected chi connectivity index (χ3v) is 5.63. The van der Waals surface area contributed by atoms with Crippen LogP contribution in [0, 0.1) is 13.8 Å². The molecule has 0 saturated carbocycles. The fourth-order valence-electron chi connectivity index (χ4n) is 3.86. The molecule has 160 valence electrons. The smallest absolute Gasteiger partial charge is 0.289 e. The number of furan rings is 1. The highest BCUT2D eigenvalue weighted by atomic mass is 35.5. The summed E-state index contributed by atoms with van der Waals surface area (Å²) in [7, 11) is 0. The van der Waals surface area contributed by atoms with E-state index in [1.807, 2.05) is 44.2 Å². The molecule has 0 bridgehead atoms. The van der Waals surface area contributed by atoms with Crippen molar-refractivity contribution in [3.63, 3.8) is 0 Å². The number of nitrogens with zero attached hydrogens (tertiary/aromatic N) is 2. The lowest BCUT2D eigenvalue weighted by molar-refractivity contribution is 0.0714. The summed E-state index contributed by atoms with van der Waals surface area (Å²) in [5, 5.41) is 3.48. The highest BCUT2D eigenvalue weighted by Gasteiger charge is 2.24. The Morgan fingerprint density at radius 2 is 1.68 bits per heavy atom. The van der Waals surface area contributed by atoms with E-state index in [9.17, 15) is 9.59 Å². The Morgan fingerprint density at radius 3 is 2.29 bits per heavy atom. The summed E-state index contributed by atoms with van der Waals surface area (Å²) in [6.07, 6.45) is 1.50. The average Bonchev–Trinajstić information content (AvgIpc) is 3.28. The first-order valence-electron chi connectivity index (χ1n) is 10.2. The lowest BCUT2D eigenvalue weighted by atomic mass is 10.1. The second-order valence-electron chi connectivity index (χ2n) is 7.75. The Balaban J connectivity index is 1.40. The molecule has 1 fully saturated rings. The first-order valence-corrected chi connectivity index (χ1v) is 10.6. The van der Waals surface area contributed by atoms with Crippen LogP contribution in [0.5, 0.6) is 0 Å². The summed E-state index contributed by atoms with van der Waals surface area (Å²) in [6, 6.07) is 14.7. The molecule has 1 saturated heterocycles. The second-order valence-corrected chi connectivity index (χ2v) is 8.16. The van der Waals surface area contributed by atoms with Gasteiger partial charge in [0.15, 0.2) is 5.76 Å². The maximum Gasteiger partial charge on any atom is 0.289 e. The maximum atomic E-state index is 12.6. The number of carbonyl (C=O) groups excluding carboxylic acids is 2. The number of carbonyl (C=O) groups is 2. The molecule has 2 aromatic carbocycles. The Labute approximate surface area is 186 Å². The van der Waals surface area contributed by atoms with Crippen LogP contribution in [0.3, 0.4) is 0 Å². The summed E-state index contributed by atoms with van der Waals surface area (Å²) < 4.78 is 5.21. The Kier molecular flexibility index (Phi) is 6.00. The zero-order chi connectivity index (χ0) is 22.0. The maximum absolute atomic E-state index is 12.6. The molecule has 0 spiro atoms. The number of nitrogens with one attached hydrogen (secondary N) is 1. The quantitative estimate of drug-likeness (QED) is 0.638. The molecule has 1 N–H and O–H groups in total. The van der Waals surface area contributed by atoms with E-state index in [0.717, 1.165) is 16.8 Å². The number of hydrogen-bond donors (Lipinski definition) is 1. The molecule has 1 aliphatic rings. The number of hydrogen-bond acceptors (Lipinski definition) is 4.